The van der Waals surface area contributed by atoms with Gasteiger partial charge in [-0.1, -0.05) is 24.3 Å². The summed E-state index contributed by atoms with van der Waals surface area (Å²) < 4.78 is 71.8. The zero-order valence-corrected chi connectivity index (χ0v) is 15.1. The topological polar surface area (TPSA) is 95.5 Å². The summed E-state index contributed by atoms with van der Waals surface area (Å²) in [6.45, 7) is -0.231. The summed E-state index contributed by atoms with van der Waals surface area (Å²) in [5.74, 6) is -1.05. The molecule has 7 nitrogen and oxygen atoms in total. The van der Waals surface area contributed by atoms with Gasteiger partial charge < -0.3 is 9.47 Å². The van der Waals surface area contributed by atoms with Gasteiger partial charge in [-0.25, -0.2) is 13.4 Å². The Morgan fingerprint density at radius 2 is 1.78 bits per heavy atom. The van der Waals surface area contributed by atoms with Gasteiger partial charge in [0, 0.05) is 12.3 Å². The normalized spacial score (nSPS) is 11.9. The average Bonchev–Trinajstić information content (AvgIpc) is 2.59. The van der Waals surface area contributed by atoms with Crippen molar-refractivity contribution >= 4 is 15.8 Å². The van der Waals surface area contributed by atoms with Crippen molar-refractivity contribution in [1.82, 2.24) is 9.97 Å². The molecule has 27 heavy (non-hydrogen) atoms. The van der Waals surface area contributed by atoms with E-state index in [-0.39, 0.29) is 13.0 Å². The van der Waals surface area contributed by atoms with Crippen LogP contribution in [-0.2, 0) is 38.6 Å². The predicted octanol–water partition coefficient (Wildman–Crippen LogP) is 2.19. The molecule has 0 aliphatic rings. The number of nitrogens with zero attached hydrogens (tertiary/aromatic N) is 2. The lowest BCUT2D eigenvalue weighted by molar-refractivity contribution is -0.142. The molecule has 0 bridgehead atoms. The first-order chi connectivity index (χ1) is 12.5. The Hall–Kier alpha value is -2.69. The summed E-state index contributed by atoms with van der Waals surface area (Å²) in [7, 11) is -2.85. The van der Waals surface area contributed by atoms with Crippen LogP contribution in [0.5, 0.6) is 5.88 Å². The minimum Gasteiger partial charge on any atom is -0.473 e. The molecule has 0 aliphatic heterocycles. The van der Waals surface area contributed by atoms with Crippen LogP contribution in [0.1, 0.15) is 16.8 Å². The van der Waals surface area contributed by atoms with E-state index in [1.54, 1.807) is 24.3 Å². The second kappa shape index (κ2) is 7.91. The number of hydrogen-bond donors (Lipinski definition) is 0. The largest absolute Gasteiger partial charge is 0.473 e. The van der Waals surface area contributed by atoms with Gasteiger partial charge >= 0.3 is 12.1 Å². The van der Waals surface area contributed by atoms with Crippen molar-refractivity contribution in [3.8, 4) is 5.88 Å². The van der Waals surface area contributed by atoms with Crippen LogP contribution in [0.3, 0.4) is 0 Å². The Labute approximate surface area is 153 Å². The van der Waals surface area contributed by atoms with E-state index in [0.29, 0.717) is 23.4 Å². The Balaban J connectivity index is 2.32. The number of esters is 1. The molecule has 0 fully saturated rings. The van der Waals surface area contributed by atoms with Crippen LogP contribution in [-0.4, -0.2) is 37.7 Å². The van der Waals surface area contributed by atoms with Gasteiger partial charge in [0.15, 0.2) is 5.69 Å². The molecule has 146 valence electrons. The lowest BCUT2D eigenvalue weighted by Crippen LogP contribution is -2.15. The van der Waals surface area contributed by atoms with Crippen molar-refractivity contribution in [2.24, 2.45) is 0 Å². The Kier molecular flexibility index (Phi) is 6.04. The molecule has 0 spiro atoms. The molecule has 0 aliphatic carbocycles. The molecule has 0 saturated heterocycles. The second-order valence-electron chi connectivity index (χ2n) is 5.45. The highest BCUT2D eigenvalue weighted by Gasteiger charge is 2.35. The fourth-order valence-electron chi connectivity index (χ4n) is 2.04. The van der Waals surface area contributed by atoms with Crippen molar-refractivity contribution in [2.45, 2.75) is 24.4 Å². The van der Waals surface area contributed by atoms with E-state index in [4.69, 9.17) is 4.74 Å². The molecule has 0 atom stereocenters. The van der Waals surface area contributed by atoms with Crippen LogP contribution in [0.25, 0.3) is 0 Å². The van der Waals surface area contributed by atoms with Crippen LogP contribution >= 0.6 is 0 Å². The Morgan fingerprint density at radius 3 is 2.33 bits per heavy atom. The number of sulfone groups is 1. The Morgan fingerprint density at radius 1 is 1.15 bits per heavy atom. The lowest BCUT2D eigenvalue weighted by atomic mass is 10.1. The maximum atomic E-state index is 13.0. The number of alkyl halides is 3. The van der Waals surface area contributed by atoms with Crippen LogP contribution in [0.15, 0.2) is 35.5 Å². The van der Waals surface area contributed by atoms with E-state index in [9.17, 15) is 26.4 Å². The van der Waals surface area contributed by atoms with Gasteiger partial charge in [-0.15, -0.1) is 0 Å². The number of rotatable bonds is 6. The number of carbonyl (C=O) groups is 1. The van der Waals surface area contributed by atoms with E-state index in [2.05, 4.69) is 14.7 Å². The second-order valence-corrected chi connectivity index (χ2v) is 7.36. The van der Waals surface area contributed by atoms with Gasteiger partial charge in [-0.3, -0.25) is 4.79 Å². The fourth-order valence-corrected chi connectivity index (χ4v) is 2.56. The summed E-state index contributed by atoms with van der Waals surface area (Å²) in [5, 5.41) is -0.991. The number of benzene rings is 1. The fraction of sp³-hybridized carbons (Fsp3) is 0.312. The van der Waals surface area contributed by atoms with E-state index in [1.807, 2.05) is 0 Å². The molecular weight excluding hydrogens is 389 g/mol. The molecule has 0 unspecified atom stereocenters. The summed E-state index contributed by atoms with van der Waals surface area (Å²) in [6, 6.07) is 7.09. The molecule has 11 heteroatoms. The molecule has 0 amide bonds. The van der Waals surface area contributed by atoms with Gasteiger partial charge in [0.25, 0.3) is 5.16 Å². The lowest BCUT2D eigenvalue weighted by Gasteiger charge is -2.12. The third kappa shape index (κ3) is 5.64. The highest BCUT2D eigenvalue weighted by Crippen LogP contribution is 2.30. The first-order valence-electron chi connectivity index (χ1n) is 7.43. The first-order valence-corrected chi connectivity index (χ1v) is 9.32. The highest BCUT2D eigenvalue weighted by atomic mass is 32.2. The van der Waals surface area contributed by atoms with Crippen molar-refractivity contribution < 1.29 is 35.9 Å². The van der Waals surface area contributed by atoms with Crippen LogP contribution < -0.4 is 4.74 Å². The minimum absolute atomic E-state index is 0.0534. The maximum Gasteiger partial charge on any atom is 0.433 e. The molecule has 0 saturated carbocycles. The maximum absolute atomic E-state index is 13.0. The van der Waals surface area contributed by atoms with Crippen molar-refractivity contribution in [1.29, 1.82) is 0 Å². The molecule has 0 radical (unpaired) electrons. The van der Waals surface area contributed by atoms with Gasteiger partial charge in [-0.05, 0) is 11.1 Å². The zero-order chi connectivity index (χ0) is 20.2. The number of hydrogen-bond acceptors (Lipinski definition) is 7. The van der Waals surface area contributed by atoms with Gasteiger partial charge in [0.05, 0.1) is 13.5 Å². The van der Waals surface area contributed by atoms with Crippen LogP contribution in [0.4, 0.5) is 13.2 Å². The van der Waals surface area contributed by atoms with Crippen molar-refractivity contribution in [2.75, 3.05) is 13.4 Å². The minimum atomic E-state index is -4.87. The Bertz CT molecular complexity index is 945. The predicted molar refractivity (Wildman–Crippen MR) is 86.6 cm³/mol. The number of ether oxygens (including phenoxy) is 2. The van der Waals surface area contributed by atoms with E-state index < -0.39 is 38.7 Å². The van der Waals surface area contributed by atoms with Crippen LogP contribution in [0.2, 0.25) is 0 Å². The molecule has 1 aromatic carbocycles. The van der Waals surface area contributed by atoms with Gasteiger partial charge in [-0.2, -0.15) is 18.2 Å². The van der Waals surface area contributed by atoms with Crippen molar-refractivity contribution in [3.05, 3.63) is 47.2 Å². The van der Waals surface area contributed by atoms with E-state index >= 15 is 0 Å². The molecule has 1 heterocycles. The van der Waals surface area contributed by atoms with Crippen molar-refractivity contribution in [3.63, 3.8) is 0 Å². The molecule has 1 aromatic heterocycles. The SMILES string of the molecule is COC(=O)Cc1ccccc1COc1cc(C(F)(F)F)nc(S(C)(=O)=O)n1. The third-order valence-corrected chi connectivity index (χ3v) is 4.21. The first kappa shape index (κ1) is 20.6. The highest BCUT2D eigenvalue weighted by molar-refractivity contribution is 7.90. The van der Waals surface area contributed by atoms with Gasteiger partial charge in [0.2, 0.25) is 15.7 Å². The average molecular weight is 404 g/mol. The third-order valence-electron chi connectivity index (χ3n) is 3.36. The van der Waals surface area contributed by atoms with Crippen LogP contribution in [0, 0.1) is 0 Å². The number of methoxy groups -OCH3 is 1. The summed E-state index contributed by atoms with van der Waals surface area (Å²) in [6.07, 6.45) is -4.23. The summed E-state index contributed by atoms with van der Waals surface area (Å²) >= 11 is 0. The standard InChI is InChI=1S/C16H15F3N2O5S/c1-25-14(22)7-10-5-3-4-6-11(10)9-26-13-8-12(16(17,18)19)20-15(21-13)27(2,23)24/h3-6,8H,7,9H2,1-2H3. The molecule has 0 N–H and O–H groups in total. The zero-order valence-electron chi connectivity index (χ0n) is 14.3. The summed E-state index contributed by atoms with van der Waals surface area (Å²) in [5.41, 5.74) is -0.371. The van der Waals surface area contributed by atoms with E-state index in [1.165, 1.54) is 7.11 Å². The number of aromatic nitrogens is 2. The molecular formula is C16H15F3N2O5S. The van der Waals surface area contributed by atoms with Gasteiger partial charge in [0.1, 0.15) is 6.61 Å². The quantitative estimate of drug-likeness (QED) is 0.538. The summed E-state index contributed by atoms with van der Waals surface area (Å²) in [4.78, 5) is 18.0. The molecule has 2 aromatic rings. The molecule has 2 rings (SSSR count). The monoisotopic (exact) mass is 404 g/mol. The van der Waals surface area contributed by atoms with E-state index in [0.717, 1.165) is 0 Å². The smallest absolute Gasteiger partial charge is 0.433 e. The number of halogens is 3. The number of carbonyl (C=O) groups excluding carboxylic acids is 1.